The van der Waals surface area contributed by atoms with Gasteiger partial charge in [0.05, 0.1) is 20.4 Å². The van der Waals surface area contributed by atoms with Crippen LogP contribution in [0, 0.1) is 5.92 Å². The summed E-state index contributed by atoms with van der Waals surface area (Å²) < 4.78 is 4.01. The monoisotopic (exact) mass is 417 g/mol. The van der Waals surface area contributed by atoms with E-state index in [0.29, 0.717) is 11.5 Å². The van der Waals surface area contributed by atoms with Gasteiger partial charge in [-0.3, -0.25) is 0 Å². The number of aromatic nitrogens is 2. The molecule has 0 saturated carbocycles. The van der Waals surface area contributed by atoms with Crippen LogP contribution in [0.3, 0.4) is 0 Å². The highest BCUT2D eigenvalue weighted by Crippen LogP contribution is 2.33. The highest BCUT2D eigenvalue weighted by atomic mass is 32.2. The number of nitrogens with zero attached hydrogens (tertiary/aromatic N) is 2. The molecule has 0 N–H and O–H groups in total. The van der Waals surface area contributed by atoms with Crippen LogP contribution < -0.4 is 5.11 Å². The molecule has 0 unspecified atom stereocenters. The van der Waals surface area contributed by atoms with Crippen molar-refractivity contribution in [1.29, 1.82) is 0 Å². The summed E-state index contributed by atoms with van der Waals surface area (Å²) in [5.74, 6) is -0.684. The Hall–Kier alpha value is -1.61. The molecule has 2 aromatic heterocycles. The lowest BCUT2D eigenvalue weighted by Crippen LogP contribution is -2.34. The molecule has 0 amide bonds. The predicted octanol–water partition coefficient (Wildman–Crippen LogP) is 4.16. The summed E-state index contributed by atoms with van der Waals surface area (Å²) in [4.78, 5) is 20.6. The molecule has 26 heavy (non-hydrogen) atoms. The van der Waals surface area contributed by atoms with Gasteiger partial charge in [0.15, 0.2) is 8.68 Å². The van der Waals surface area contributed by atoms with E-state index in [0.717, 1.165) is 29.1 Å². The minimum atomic E-state index is -1.02. The lowest BCUT2D eigenvalue weighted by molar-refractivity contribution is -0.309. The van der Waals surface area contributed by atoms with Crippen LogP contribution in [0.4, 0.5) is 0 Å². The van der Waals surface area contributed by atoms with Crippen molar-refractivity contribution >= 4 is 72.6 Å². The molecule has 0 radical (unpaired) electrons. The van der Waals surface area contributed by atoms with Gasteiger partial charge in [-0.15, -0.1) is 22.7 Å². The van der Waals surface area contributed by atoms with Gasteiger partial charge >= 0.3 is 0 Å². The van der Waals surface area contributed by atoms with Crippen molar-refractivity contribution in [2.45, 2.75) is 8.68 Å². The predicted molar refractivity (Wildman–Crippen MR) is 109 cm³/mol. The number of aliphatic carboxylic acids is 1. The lowest BCUT2D eigenvalue weighted by atomic mass is 10.2. The summed E-state index contributed by atoms with van der Waals surface area (Å²) in [6.45, 7) is 0. The van der Waals surface area contributed by atoms with Crippen molar-refractivity contribution in [3.05, 3.63) is 48.5 Å². The summed E-state index contributed by atoms with van der Waals surface area (Å²) in [7, 11) is 0. The molecule has 0 aliphatic heterocycles. The number of hydrogen-bond acceptors (Lipinski definition) is 8. The van der Waals surface area contributed by atoms with Crippen molar-refractivity contribution in [1.82, 2.24) is 9.97 Å². The van der Waals surface area contributed by atoms with E-state index in [4.69, 9.17) is 0 Å². The van der Waals surface area contributed by atoms with Crippen LogP contribution in [0.15, 0.2) is 57.2 Å². The summed E-state index contributed by atoms with van der Waals surface area (Å²) in [5, 5.41) is 11.5. The lowest BCUT2D eigenvalue weighted by Gasteiger charge is -2.15. The molecule has 4 nitrogen and oxygen atoms in total. The third kappa shape index (κ3) is 4.03. The van der Waals surface area contributed by atoms with Crippen molar-refractivity contribution in [3.8, 4) is 0 Å². The van der Waals surface area contributed by atoms with Crippen LogP contribution in [0.25, 0.3) is 20.4 Å². The Kier molecular flexibility index (Phi) is 5.44. The minimum absolute atomic E-state index is 0.444. The van der Waals surface area contributed by atoms with E-state index in [-0.39, 0.29) is 0 Å². The summed E-state index contributed by atoms with van der Waals surface area (Å²) >= 11 is 6.14. The van der Waals surface area contributed by atoms with Gasteiger partial charge in [0.2, 0.25) is 0 Å². The van der Waals surface area contributed by atoms with E-state index in [2.05, 4.69) is 9.97 Å². The molecule has 0 aliphatic rings. The highest BCUT2D eigenvalue weighted by Gasteiger charge is 2.15. The fourth-order valence-corrected chi connectivity index (χ4v) is 6.84. The molecule has 0 saturated heterocycles. The number of para-hydroxylation sites is 2. The molecule has 2 heterocycles. The van der Waals surface area contributed by atoms with Crippen molar-refractivity contribution < 1.29 is 9.90 Å². The fraction of sp³-hybridized carbons (Fsp3) is 0.167. The maximum absolute atomic E-state index is 11.5. The standard InChI is InChI=1S/C18H14N2O2S4/c21-16(22)11(9-23-17-19-12-5-1-3-7-14(12)25-17)10-24-18-20-13-6-2-4-8-15(13)26-18/h1-8,11H,9-10H2,(H,21,22)/p-1. The topological polar surface area (TPSA) is 65.9 Å². The van der Waals surface area contributed by atoms with Crippen LogP contribution in [0.2, 0.25) is 0 Å². The summed E-state index contributed by atoms with van der Waals surface area (Å²) in [6.07, 6.45) is 0. The summed E-state index contributed by atoms with van der Waals surface area (Å²) in [5.41, 5.74) is 1.91. The van der Waals surface area contributed by atoms with Gasteiger partial charge in [0.25, 0.3) is 0 Å². The zero-order chi connectivity index (χ0) is 17.9. The number of hydrogen-bond donors (Lipinski definition) is 0. The maximum Gasteiger partial charge on any atom is 0.151 e. The van der Waals surface area contributed by atoms with Gasteiger partial charge < -0.3 is 9.90 Å². The molecule has 0 bridgehead atoms. The van der Waals surface area contributed by atoms with Gasteiger partial charge in [0, 0.05) is 23.4 Å². The third-order valence-corrected chi connectivity index (χ3v) is 8.38. The largest absolute Gasteiger partial charge is 0.550 e. The zero-order valence-electron chi connectivity index (χ0n) is 13.5. The normalized spacial score (nSPS) is 11.6. The first-order valence-corrected chi connectivity index (χ1v) is 11.5. The molecular weight excluding hydrogens is 404 g/mol. The van der Waals surface area contributed by atoms with Gasteiger partial charge in [-0.25, -0.2) is 9.97 Å². The molecule has 4 rings (SSSR count). The van der Waals surface area contributed by atoms with Crippen LogP contribution in [-0.4, -0.2) is 27.4 Å². The van der Waals surface area contributed by atoms with Crippen LogP contribution in [-0.2, 0) is 4.79 Å². The second-order valence-electron chi connectivity index (χ2n) is 5.53. The van der Waals surface area contributed by atoms with Gasteiger partial charge in [-0.05, 0) is 24.3 Å². The van der Waals surface area contributed by atoms with Crippen molar-refractivity contribution in [2.24, 2.45) is 5.92 Å². The second kappa shape index (κ2) is 7.96. The van der Waals surface area contributed by atoms with Crippen molar-refractivity contribution in [2.75, 3.05) is 11.5 Å². The second-order valence-corrected chi connectivity index (χ2v) is 10.1. The number of carboxylic acid groups (broad SMARTS) is 1. The van der Waals surface area contributed by atoms with E-state index in [1.54, 1.807) is 22.7 Å². The molecule has 0 aliphatic carbocycles. The zero-order valence-corrected chi connectivity index (χ0v) is 16.7. The van der Waals surface area contributed by atoms with Gasteiger partial charge in [0.1, 0.15) is 0 Å². The van der Waals surface area contributed by atoms with Crippen LogP contribution >= 0.6 is 46.2 Å². The van der Waals surface area contributed by atoms with Crippen LogP contribution in [0.1, 0.15) is 0 Å². The Bertz CT molecular complexity index is 915. The molecular formula is C18H13N2O2S4-. The van der Waals surface area contributed by atoms with E-state index in [1.165, 1.54) is 23.5 Å². The number of carboxylic acids is 1. The SMILES string of the molecule is O=C([O-])C(CSc1nc2ccccc2s1)CSc1nc2ccccc2s1. The fourth-order valence-electron chi connectivity index (χ4n) is 2.35. The van der Waals surface area contributed by atoms with E-state index >= 15 is 0 Å². The van der Waals surface area contributed by atoms with E-state index in [9.17, 15) is 9.90 Å². The molecule has 2 aromatic carbocycles. The summed E-state index contributed by atoms with van der Waals surface area (Å²) in [6, 6.07) is 15.8. The number of rotatable bonds is 7. The van der Waals surface area contributed by atoms with Crippen molar-refractivity contribution in [3.63, 3.8) is 0 Å². The van der Waals surface area contributed by atoms with Gasteiger partial charge in [-0.2, -0.15) is 0 Å². The Balaban J connectivity index is 1.39. The average molecular weight is 418 g/mol. The Labute approximate surface area is 166 Å². The Morgan fingerprint density at radius 2 is 1.35 bits per heavy atom. The third-order valence-electron chi connectivity index (χ3n) is 3.70. The molecule has 0 fully saturated rings. The Morgan fingerprint density at radius 3 is 1.77 bits per heavy atom. The number of carbonyl (C=O) groups excluding carboxylic acids is 1. The Morgan fingerprint density at radius 1 is 0.885 bits per heavy atom. The average Bonchev–Trinajstić information content (AvgIpc) is 3.24. The molecule has 0 spiro atoms. The molecule has 4 aromatic rings. The minimum Gasteiger partial charge on any atom is -0.550 e. The first-order valence-electron chi connectivity index (χ1n) is 7.86. The number of thioether (sulfide) groups is 2. The maximum atomic E-state index is 11.5. The highest BCUT2D eigenvalue weighted by molar-refractivity contribution is 8.02. The number of thiazole rings is 2. The molecule has 0 atom stereocenters. The van der Waals surface area contributed by atoms with E-state index in [1.807, 2.05) is 48.5 Å². The number of fused-ring (bicyclic) bond motifs is 2. The van der Waals surface area contributed by atoms with Gasteiger partial charge in [-0.1, -0.05) is 47.8 Å². The quantitative estimate of drug-likeness (QED) is 0.421. The number of carbonyl (C=O) groups is 1. The first-order chi connectivity index (χ1) is 12.7. The molecule has 8 heteroatoms. The van der Waals surface area contributed by atoms with Crippen LogP contribution in [0.5, 0.6) is 0 Å². The molecule has 132 valence electrons. The smallest absolute Gasteiger partial charge is 0.151 e. The van der Waals surface area contributed by atoms with E-state index < -0.39 is 11.9 Å². The number of benzene rings is 2. The first kappa shape index (κ1) is 17.8.